The number of carbonyl (C=O) groups excluding carboxylic acids is 2. The lowest BCUT2D eigenvalue weighted by Crippen LogP contribution is -2.30. The molecular formula is C21H20N2O4S. The number of rotatable bonds is 8. The fraction of sp³-hybridized carbons (Fsp3) is 0.190. The van der Waals surface area contributed by atoms with Gasteiger partial charge in [0.2, 0.25) is 0 Å². The Morgan fingerprint density at radius 1 is 1.07 bits per heavy atom. The molecule has 0 radical (unpaired) electrons. The van der Waals surface area contributed by atoms with E-state index in [1.807, 2.05) is 42.6 Å². The zero-order valence-corrected chi connectivity index (χ0v) is 16.2. The lowest BCUT2D eigenvalue weighted by molar-refractivity contribution is -0.143. The van der Waals surface area contributed by atoms with Crippen molar-refractivity contribution < 1.29 is 19.1 Å². The molecule has 1 heterocycles. The Labute approximate surface area is 167 Å². The van der Waals surface area contributed by atoms with Crippen molar-refractivity contribution >= 4 is 23.2 Å². The molecule has 1 N–H and O–H groups in total. The van der Waals surface area contributed by atoms with Crippen molar-refractivity contribution in [2.24, 2.45) is 0 Å². The number of thiazole rings is 1. The van der Waals surface area contributed by atoms with Gasteiger partial charge in [-0.05, 0) is 19.1 Å². The molecule has 6 nitrogen and oxygen atoms in total. The van der Waals surface area contributed by atoms with Crippen LogP contribution in [0.3, 0.4) is 0 Å². The van der Waals surface area contributed by atoms with Crippen LogP contribution < -0.4 is 10.1 Å². The summed E-state index contributed by atoms with van der Waals surface area (Å²) in [6.07, 6.45) is 0. The van der Waals surface area contributed by atoms with Gasteiger partial charge in [-0.1, -0.05) is 42.5 Å². The smallest absolute Gasteiger partial charge is 0.325 e. The van der Waals surface area contributed by atoms with Crippen molar-refractivity contribution in [3.63, 3.8) is 0 Å². The van der Waals surface area contributed by atoms with Gasteiger partial charge in [0.05, 0.1) is 17.9 Å². The molecule has 0 atom stereocenters. The van der Waals surface area contributed by atoms with E-state index in [0.717, 1.165) is 10.6 Å². The molecule has 3 aromatic rings. The summed E-state index contributed by atoms with van der Waals surface area (Å²) >= 11 is 1.49. The van der Waals surface area contributed by atoms with E-state index in [2.05, 4.69) is 10.3 Å². The van der Waals surface area contributed by atoms with E-state index in [9.17, 15) is 9.59 Å². The van der Waals surface area contributed by atoms with Crippen LogP contribution >= 0.6 is 11.3 Å². The summed E-state index contributed by atoms with van der Waals surface area (Å²) in [6.45, 7) is 2.13. The summed E-state index contributed by atoms with van der Waals surface area (Å²) in [4.78, 5) is 28.7. The van der Waals surface area contributed by atoms with E-state index in [-0.39, 0.29) is 19.1 Å². The SMILES string of the molecule is CCOc1ccccc1C(=O)NCC(=O)OCc1csc(-c2ccccc2)n1. The Bertz CT molecular complexity index is 940. The molecule has 28 heavy (non-hydrogen) atoms. The number of esters is 1. The number of aromatic nitrogens is 1. The molecule has 0 aliphatic carbocycles. The van der Waals surface area contributed by atoms with Crippen molar-refractivity contribution in [2.75, 3.05) is 13.2 Å². The monoisotopic (exact) mass is 396 g/mol. The molecular weight excluding hydrogens is 376 g/mol. The molecule has 0 saturated carbocycles. The second kappa shape index (κ2) is 9.66. The number of nitrogens with one attached hydrogen (secondary N) is 1. The van der Waals surface area contributed by atoms with Gasteiger partial charge in [-0.15, -0.1) is 11.3 Å². The normalized spacial score (nSPS) is 10.3. The number of hydrogen-bond acceptors (Lipinski definition) is 6. The number of para-hydroxylation sites is 1. The van der Waals surface area contributed by atoms with E-state index >= 15 is 0 Å². The minimum atomic E-state index is -0.531. The van der Waals surface area contributed by atoms with Crippen molar-refractivity contribution in [1.82, 2.24) is 10.3 Å². The van der Waals surface area contributed by atoms with Gasteiger partial charge in [0.15, 0.2) is 0 Å². The third kappa shape index (κ3) is 5.17. The number of carbonyl (C=O) groups is 2. The van der Waals surface area contributed by atoms with Crippen LogP contribution in [-0.2, 0) is 16.1 Å². The van der Waals surface area contributed by atoms with Crippen molar-refractivity contribution in [3.05, 3.63) is 71.2 Å². The van der Waals surface area contributed by atoms with Crippen LogP contribution in [0.25, 0.3) is 10.6 Å². The molecule has 0 bridgehead atoms. The Balaban J connectivity index is 1.49. The minimum absolute atomic E-state index is 0.0631. The average Bonchev–Trinajstić information content (AvgIpc) is 3.21. The average molecular weight is 396 g/mol. The molecule has 7 heteroatoms. The number of ether oxygens (including phenoxy) is 2. The van der Waals surface area contributed by atoms with Crippen LogP contribution in [0.5, 0.6) is 5.75 Å². The van der Waals surface area contributed by atoms with Crippen molar-refractivity contribution in [3.8, 4) is 16.3 Å². The van der Waals surface area contributed by atoms with Gasteiger partial charge in [-0.3, -0.25) is 9.59 Å². The number of nitrogens with zero attached hydrogens (tertiary/aromatic N) is 1. The van der Waals surface area contributed by atoms with Crippen LogP contribution in [0.4, 0.5) is 0 Å². The van der Waals surface area contributed by atoms with E-state index in [1.54, 1.807) is 24.3 Å². The Kier molecular flexibility index (Phi) is 6.75. The Morgan fingerprint density at radius 2 is 1.82 bits per heavy atom. The molecule has 144 valence electrons. The molecule has 0 saturated heterocycles. The molecule has 2 aromatic carbocycles. The van der Waals surface area contributed by atoms with Crippen LogP contribution in [-0.4, -0.2) is 30.0 Å². The van der Waals surface area contributed by atoms with Gasteiger partial charge in [0, 0.05) is 10.9 Å². The molecule has 0 aliphatic heterocycles. The second-order valence-electron chi connectivity index (χ2n) is 5.78. The quantitative estimate of drug-likeness (QED) is 0.588. The van der Waals surface area contributed by atoms with Gasteiger partial charge in [-0.25, -0.2) is 4.98 Å². The van der Waals surface area contributed by atoms with Gasteiger partial charge in [-0.2, -0.15) is 0 Å². The van der Waals surface area contributed by atoms with E-state index in [0.29, 0.717) is 23.6 Å². The summed E-state index contributed by atoms with van der Waals surface area (Å²) in [5.41, 5.74) is 2.07. The van der Waals surface area contributed by atoms with Crippen molar-refractivity contribution in [1.29, 1.82) is 0 Å². The van der Waals surface area contributed by atoms with Gasteiger partial charge in [0.1, 0.15) is 23.9 Å². The molecule has 1 amide bonds. The van der Waals surface area contributed by atoms with Gasteiger partial charge < -0.3 is 14.8 Å². The largest absolute Gasteiger partial charge is 0.493 e. The standard InChI is InChI=1S/C21H20N2O4S/c1-2-26-18-11-7-6-10-17(18)20(25)22-12-19(24)27-13-16-14-28-21(23-16)15-8-4-3-5-9-15/h3-11,14H,2,12-13H2,1H3,(H,22,25). The molecule has 0 fully saturated rings. The number of amides is 1. The van der Waals surface area contributed by atoms with Gasteiger partial charge >= 0.3 is 5.97 Å². The summed E-state index contributed by atoms with van der Waals surface area (Å²) in [6, 6.07) is 16.7. The maximum absolute atomic E-state index is 12.3. The summed E-state index contributed by atoms with van der Waals surface area (Å²) < 4.78 is 10.6. The fourth-order valence-electron chi connectivity index (χ4n) is 2.48. The third-order valence-corrected chi connectivity index (χ3v) is 4.72. The first-order valence-corrected chi connectivity index (χ1v) is 9.71. The Hall–Kier alpha value is -3.19. The zero-order valence-electron chi connectivity index (χ0n) is 15.4. The van der Waals surface area contributed by atoms with Crippen molar-refractivity contribution in [2.45, 2.75) is 13.5 Å². The summed E-state index contributed by atoms with van der Waals surface area (Å²) in [7, 11) is 0. The first-order valence-electron chi connectivity index (χ1n) is 8.83. The summed E-state index contributed by atoms with van der Waals surface area (Å²) in [5, 5.41) is 5.28. The predicted molar refractivity (Wildman–Crippen MR) is 107 cm³/mol. The highest BCUT2D eigenvalue weighted by molar-refractivity contribution is 7.13. The maximum Gasteiger partial charge on any atom is 0.325 e. The highest BCUT2D eigenvalue weighted by Crippen LogP contribution is 2.23. The minimum Gasteiger partial charge on any atom is -0.493 e. The number of hydrogen-bond donors (Lipinski definition) is 1. The number of benzene rings is 2. The van der Waals surface area contributed by atoms with E-state index in [4.69, 9.17) is 9.47 Å². The first kappa shape index (κ1) is 19.6. The molecule has 0 spiro atoms. The topological polar surface area (TPSA) is 77.5 Å². The fourth-order valence-corrected chi connectivity index (χ4v) is 3.29. The lowest BCUT2D eigenvalue weighted by Gasteiger charge is -2.10. The first-order chi connectivity index (χ1) is 13.7. The van der Waals surface area contributed by atoms with Crippen LogP contribution in [0.2, 0.25) is 0 Å². The van der Waals surface area contributed by atoms with Crippen LogP contribution in [0, 0.1) is 0 Å². The van der Waals surface area contributed by atoms with Crippen LogP contribution in [0.1, 0.15) is 23.0 Å². The highest BCUT2D eigenvalue weighted by Gasteiger charge is 2.14. The molecule has 0 aliphatic rings. The Morgan fingerprint density at radius 3 is 2.61 bits per heavy atom. The predicted octanol–water partition coefficient (Wildman–Crippen LogP) is 3.68. The van der Waals surface area contributed by atoms with E-state index < -0.39 is 5.97 Å². The molecule has 0 unspecified atom stereocenters. The molecule has 3 rings (SSSR count). The maximum atomic E-state index is 12.3. The molecule has 1 aromatic heterocycles. The van der Waals surface area contributed by atoms with Crippen LogP contribution in [0.15, 0.2) is 60.0 Å². The lowest BCUT2D eigenvalue weighted by atomic mass is 10.2. The highest BCUT2D eigenvalue weighted by atomic mass is 32.1. The van der Waals surface area contributed by atoms with E-state index in [1.165, 1.54) is 11.3 Å². The summed E-state index contributed by atoms with van der Waals surface area (Å²) in [5.74, 6) is -0.440. The second-order valence-corrected chi connectivity index (χ2v) is 6.64. The third-order valence-electron chi connectivity index (χ3n) is 3.78. The van der Waals surface area contributed by atoms with Gasteiger partial charge in [0.25, 0.3) is 5.91 Å². The zero-order chi connectivity index (χ0) is 19.8.